The van der Waals surface area contributed by atoms with Gasteiger partial charge in [0.1, 0.15) is 0 Å². The second-order valence-corrected chi connectivity index (χ2v) is 3.30. The summed E-state index contributed by atoms with van der Waals surface area (Å²) in [7, 11) is 0. The second-order valence-electron chi connectivity index (χ2n) is 3.30. The molecule has 0 nitrogen and oxygen atoms in total. The first-order valence-corrected chi connectivity index (χ1v) is 4.21. The zero-order chi connectivity index (χ0) is 7.98. The number of hydrogen-bond acceptors (Lipinski definition) is 0. The molecule has 0 heterocycles. The van der Waals surface area contributed by atoms with Gasteiger partial charge >= 0.3 is 0 Å². The van der Waals surface area contributed by atoms with E-state index in [-0.39, 0.29) is 0 Å². The fourth-order valence-electron chi connectivity index (χ4n) is 0.933. The summed E-state index contributed by atoms with van der Waals surface area (Å²) in [5.74, 6) is 1.15. The van der Waals surface area contributed by atoms with Crippen LogP contribution in [0.5, 0.6) is 0 Å². The zero-order valence-electron chi connectivity index (χ0n) is 7.27. The molecule has 0 aromatic heterocycles. The van der Waals surface area contributed by atoms with Gasteiger partial charge in [0.15, 0.2) is 0 Å². The van der Waals surface area contributed by atoms with E-state index in [4.69, 9.17) is 6.92 Å². The van der Waals surface area contributed by atoms with Crippen LogP contribution in [0, 0.1) is 25.7 Å². The van der Waals surface area contributed by atoms with E-state index in [9.17, 15) is 0 Å². The summed E-state index contributed by atoms with van der Waals surface area (Å²) in [5, 5.41) is 0. The van der Waals surface area contributed by atoms with Gasteiger partial charge in [0, 0.05) is 0 Å². The van der Waals surface area contributed by atoms with Gasteiger partial charge < -0.3 is 0 Å². The van der Waals surface area contributed by atoms with Crippen LogP contribution in [-0.2, 0) is 0 Å². The van der Waals surface area contributed by atoms with Crippen LogP contribution < -0.4 is 0 Å². The highest BCUT2D eigenvalue weighted by Gasteiger charge is 1.99. The average molecular weight is 139 g/mol. The molecular formula is C10H19. The van der Waals surface area contributed by atoms with E-state index in [0.29, 0.717) is 5.92 Å². The predicted molar refractivity (Wildman–Crippen MR) is 46.5 cm³/mol. The van der Waals surface area contributed by atoms with Gasteiger partial charge in [-0.15, -0.1) is 0 Å². The Labute approximate surface area is 66.0 Å². The quantitative estimate of drug-likeness (QED) is 0.548. The topological polar surface area (TPSA) is 0 Å². The van der Waals surface area contributed by atoms with E-state index in [1.165, 1.54) is 12.8 Å². The van der Waals surface area contributed by atoms with Crippen molar-refractivity contribution in [3.8, 4) is 0 Å². The molecule has 10 heavy (non-hydrogen) atoms. The minimum atomic E-state index is 0.372. The molecule has 0 aromatic carbocycles. The summed E-state index contributed by atoms with van der Waals surface area (Å²) in [6.07, 6.45) is 4.75. The summed E-state index contributed by atoms with van der Waals surface area (Å²) in [4.78, 5) is 0. The van der Waals surface area contributed by atoms with E-state index in [0.717, 1.165) is 18.8 Å². The van der Waals surface area contributed by atoms with Crippen LogP contribution in [0.2, 0.25) is 0 Å². The van der Waals surface area contributed by atoms with Gasteiger partial charge in [-0.25, -0.2) is 0 Å². The van der Waals surface area contributed by atoms with E-state index in [1.807, 2.05) is 0 Å². The van der Waals surface area contributed by atoms with Crippen LogP contribution in [-0.4, -0.2) is 0 Å². The van der Waals surface area contributed by atoms with Gasteiger partial charge in [0.25, 0.3) is 0 Å². The van der Waals surface area contributed by atoms with E-state index in [1.54, 1.807) is 0 Å². The lowest BCUT2D eigenvalue weighted by Gasteiger charge is -2.08. The van der Waals surface area contributed by atoms with E-state index >= 15 is 0 Å². The summed E-state index contributed by atoms with van der Waals surface area (Å²) in [6, 6.07) is 0. The highest BCUT2D eigenvalue weighted by molar-refractivity contribution is 4.58. The summed E-state index contributed by atoms with van der Waals surface area (Å²) < 4.78 is 0. The third-order valence-electron chi connectivity index (χ3n) is 1.85. The second kappa shape index (κ2) is 5.76. The normalized spacial score (nSPS) is 14.1. The Balaban J connectivity index is 3.03. The SMILES string of the molecule is [CH]C(C)CCCC(C)C[CH2]. The maximum atomic E-state index is 5.60. The Morgan fingerprint density at radius 1 is 1.30 bits per heavy atom. The van der Waals surface area contributed by atoms with Crippen LogP contribution in [0.4, 0.5) is 0 Å². The fourth-order valence-corrected chi connectivity index (χ4v) is 0.933. The van der Waals surface area contributed by atoms with Crippen molar-refractivity contribution in [1.29, 1.82) is 0 Å². The smallest absolute Gasteiger partial charge is 0.0321 e. The van der Waals surface area contributed by atoms with Crippen molar-refractivity contribution < 1.29 is 0 Å². The van der Waals surface area contributed by atoms with Gasteiger partial charge in [-0.05, 0) is 18.8 Å². The largest absolute Gasteiger partial charge is 0.0625 e. The molecule has 2 unspecified atom stereocenters. The molecule has 0 rings (SSSR count). The molecule has 0 amide bonds. The van der Waals surface area contributed by atoms with Crippen LogP contribution >= 0.6 is 0 Å². The standard InChI is InChI=1S/C10H19/c1-5-10(4)8-6-7-9(2)3/h2,9-10H,1,5-8H2,3-4H3. The Hall–Kier alpha value is 0. The lowest BCUT2D eigenvalue weighted by Crippen LogP contribution is -1.94. The van der Waals surface area contributed by atoms with Gasteiger partial charge in [-0.1, -0.05) is 46.5 Å². The molecule has 0 saturated carbocycles. The Bertz CT molecular complexity index is 64.4. The van der Waals surface area contributed by atoms with Crippen LogP contribution in [0.15, 0.2) is 0 Å². The maximum absolute atomic E-state index is 5.60. The first kappa shape index (κ1) is 10.0. The van der Waals surface area contributed by atoms with Gasteiger partial charge in [0.2, 0.25) is 0 Å². The lowest BCUT2D eigenvalue weighted by molar-refractivity contribution is 0.475. The van der Waals surface area contributed by atoms with Crippen molar-refractivity contribution in [2.45, 2.75) is 39.5 Å². The van der Waals surface area contributed by atoms with Crippen molar-refractivity contribution in [3.63, 3.8) is 0 Å². The monoisotopic (exact) mass is 139 g/mol. The van der Waals surface area contributed by atoms with Crippen LogP contribution in [0.25, 0.3) is 0 Å². The fraction of sp³-hybridized carbons (Fsp3) is 0.800. The number of rotatable bonds is 5. The van der Waals surface area contributed by atoms with Crippen LogP contribution in [0.3, 0.4) is 0 Å². The molecule has 0 aromatic rings. The van der Waals surface area contributed by atoms with Crippen LogP contribution in [0.1, 0.15) is 39.5 Å². The minimum absolute atomic E-state index is 0.372. The average Bonchev–Trinajstić information content (AvgIpc) is 1.87. The first-order valence-electron chi connectivity index (χ1n) is 4.21. The van der Waals surface area contributed by atoms with Gasteiger partial charge in [0.05, 0.1) is 0 Å². The number of hydrogen-bond donors (Lipinski definition) is 0. The van der Waals surface area contributed by atoms with E-state index < -0.39 is 0 Å². The van der Waals surface area contributed by atoms with Crippen molar-refractivity contribution >= 4 is 0 Å². The molecule has 0 aliphatic heterocycles. The molecule has 2 atom stereocenters. The molecule has 0 aliphatic carbocycles. The molecule has 0 N–H and O–H groups in total. The molecule has 0 spiro atoms. The first-order chi connectivity index (χ1) is 4.66. The molecule has 3 radical (unpaired) electrons. The summed E-state index contributed by atoms with van der Waals surface area (Å²) in [6.45, 7) is 13.8. The van der Waals surface area contributed by atoms with Crippen molar-refractivity contribution in [3.05, 3.63) is 13.8 Å². The molecular weight excluding hydrogens is 120 g/mol. The third kappa shape index (κ3) is 6.12. The predicted octanol–water partition coefficient (Wildman–Crippen LogP) is 3.36. The van der Waals surface area contributed by atoms with Crippen molar-refractivity contribution in [2.24, 2.45) is 11.8 Å². The van der Waals surface area contributed by atoms with Crippen molar-refractivity contribution in [1.82, 2.24) is 0 Å². The molecule has 0 bridgehead atoms. The third-order valence-corrected chi connectivity index (χ3v) is 1.85. The highest BCUT2D eigenvalue weighted by Crippen LogP contribution is 2.13. The van der Waals surface area contributed by atoms with E-state index in [2.05, 4.69) is 20.8 Å². The molecule has 59 valence electrons. The molecule has 0 heteroatoms. The minimum Gasteiger partial charge on any atom is -0.0625 e. The summed E-state index contributed by atoms with van der Waals surface area (Å²) >= 11 is 0. The Kier molecular flexibility index (Phi) is 5.76. The molecule has 0 saturated heterocycles. The molecule has 0 fully saturated rings. The summed E-state index contributed by atoms with van der Waals surface area (Å²) in [5.41, 5.74) is 0. The Morgan fingerprint density at radius 3 is 2.30 bits per heavy atom. The van der Waals surface area contributed by atoms with Gasteiger partial charge in [-0.3, -0.25) is 0 Å². The highest BCUT2D eigenvalue weighted by atomic mass is 14.0. The van der Waals surface area contributed by atoms with Gasteiger partial charge in [-0.2, -0.15) is 0 Å². The lowest BCUT2D eigenvalue weighted by atomic mass is 9.98. The zero-order valence-corrected chi connectivity index (χ0v) is 7.27. The maximum Gasteiger partial charge on any atom is -0.0321 e. The van der Waals surface area contributed by atoms with Crippen molar-refractivity contribution in [2.75, 3.05) is 0 Å². The molecule has 0 aliphatic rings. The Morgan fingerprint density at radius 2 is 1.90 bits per heavy atom.